The van der Waals surface area contributed by atoms with Crippen molar-refractivity contribution in [3.8, 4) is 11.3 Å². The number of aliphatic hydroxyl groups excluding tert-OH is 1. The number of aliphatic hydroxyl groups is 1. The van der Waals surface area contributed by atoms with Gasteiger partial charge in [0, 0.05) is 43.2 Å². The number of hydrogen-bond acceptors (Lipinski definition) is 6. The second-order valence-electron chi connectivity index (χ2n) is 9.48. The summed E-state index contributed by atoms with van der Waals surface area (Å²) in [7, 11) is 0. The number of benzene rings is 1. The van der Waals surface area contributed by atoms with Crippen LogP contribution in [0.4, 0.5) is 5.69 Å². The lowest BCUT2D eigenvalue weighted by atomic mass is 10.1. The van der Waals surface area contributed by atoms with E-state index in [-0.39, 0.29) is 12.1 Å². The standard InChI is InChI=1S/C25H28N5O3/c1-15-13-29-14-20(28-24(29)16(2)27-15)19-9-17-5-6-18(10-23(17)33-25(19)32)30(7-3-4-8-30)21-11-26-12-22(21)31/h5-6,9-10,13-14,21-22,26,31H,3-4,7-8,11-12H2,1-2H3/q+1/t21-,22-/m0/s1. The molecule has 0 saturated carbocycles. The van der Waals surface area contributed by atoms with Crippen molar-refractivity contribution >= 4 is 22.3 Å². The van der Waals surface area contributed by atoms with Crippen LogP contribution in [-0.2, 0) is 0 Å². The zero-order valence-corrected chi connectivity index (χ0v) is 18.9. The monoisotopic (exact) mass is 446 g/mol. The lowest BCUT2D eigenvalue weighted by Crippen LogP contribution is -2.59. The largest absolute Gasteiger partial charge is 0.422 e. The Balaban J connectivity index is 1.45. The molecule has 2 N–H and O–H groups in total. The second kappa shape index (κ2) is 7.48. The first-order valence-corrected chi connectivity index (χ1v) is 11.6. The molecule has 0 aliphatic carbocycles. The summed E-state index contributed by atoms with van der Waals surface area (Å²) in [4.78, 5) is 22.1. The Morgan fingerprint density at radius 2 is 1.94 bits per heavy atom. The molecule has 3 aromatic heterocycles. The summed E-state index contributed by atoms with van der Waals surface area (Å²) < 4.78 is 8.47. The van der Waals surface area contributed by atoms with E-state index < -0.39 is 5.63 Å². The zero-order chi connectivity index (χ0) is 22.7. The van der Waals surface area contributed by atoms with Crippen LogP contribution in [-0.4, -0.2) is 57.8 Å². The van der Waals surface area contributed by atoms with Crippen molar-refractivity contribution < 1.29 is 9.52 Å². The summed E-state index contributed by atoms with van der Waals surface area (Å²) in [6.07, 6.45) is 5.64. The molecule has 2 fully saturated rings. The van der Waals surface area contributed by atoms with Gasteiger partial charge in [0.1, 0.15) is 23.4 Å². The average molecular weight is 447 g/mol. The van der Waals surface area contributed by atoms with Crippen molar-refractivity contribution in [1.29, 1.82) is 0 Å². The van der Waals surface area contributed by atoms with Crippen molar-refractivity contribution in [1.82, 2.24) is 24.2 Å². The normalized spacial score (nSPS) is 22.5. The average Bonchev–Trinajstić information content (AvgIpc) is 3.52. The van der Waals surface area contributed by atoms with Gasteiger partial charge in [-0.15, -0.1) is 0 Å². The highest BCUT2D eigenvalue weighted by Gasteiger charge is 2.47. The third-order valence-corrected chi connectivity index (χ3v) is 7.39. The Morgan fingerprint density at radius 1 is 1.12 bits per heavy atom. The van der Waals surface area contributed by atoms with Crippen molar-refractivity contribution in [3.05, 3.63) is 58.5 Å². The first kappa shape index (κ1) is 20.5. The zero-order valence-electron chi connectivity index (χ0n) is 18.9. The van der Waals surface area contributed by atoms with Gasteiger partial charge in [0.15, 0.2) is 5.65 Å². The SMILES string of the molecule is Cc1cn2cc(-c3cc4ccc([N+]5([C@H]6CNC[C@@H]6O)CCCC5)cc4oc3=O)nc2c(C)n1. The molecular formula is C25H28N5O3+. The van der Waals surface area contributed by atoms with E-state index in [0.29, 0.717) is 23.4 Å². The molecule has 170 valence electrons. The van der Waals surface area contributed by atoms with Crippen LogP contribution in [0.15, 0.2) is 45.9 Å². The quantitative estimate of drug-likeness (QED) is 0.371. The molecule has 0 spiro atoms. The Labute approximate surface area is 191 Å². The first-order valence-electron chi connectivity index (χ1n) is 11.6. The lowest BCUT2D eigenvalue weighted by Gasteiger charge is -2.40. The third kappa shape index (κ3) is 3.20. The topological polar surface area (TPSA) is 92.7 Å². The summed E-state index contributed by atoms with van der Waals surface area (Å²) in [6, 6.07) is 8.13. The number of quaternary nitrogens is 1. The van der Waals surface area contributed by atoms with Gasteiger partial charge < -0.3 is 19.2 Å². The maximum absolute atomic E-state index is 13.0. The molecule has 0 bridgehead atoms. The highest BCUT2D eigenvalue weighted by molar-refractivity contribution is 5.84. The summed E-state index contributed by atoms with van der Waals surface area (Å²) >= 11 is 0. The fourth-order valence-electron chi connectivity index (χ4n) is 5.83. The molecule has 33 heavy (non-hydrogen) atoms. The van der Waals surface area contributed by atoms with Gasteiger partial charge in [-0.05, 0) is 32.0 Å². The number of aryl methyl sites for hydroxylation is 2. The maximum atomic E-state index is 13.0. The van der Waals surface area contributed by atoms with Crippen molar-refractivity contribution in [3.63, 3.8) is 0 Å². The number of β-amino-alcohol motifs (C(OH)–C–C–N with tert-alkyl or cyclic N) is 1. The fourth-order valence-corrected chi connectivity index (χ4v) is 5.83. The number of rotatable bonds is 3. The van der Waals surface area contributed by atoms with E-state index in [4.69, 9.17) is 4.42 Å². The molecule has 0 amide bonds. The molecule has 2 saturated heterocycles. The van der Waals surface area contributed by atoms with E-state index in [0.717, 1.165) is 65.1 Å². The van der Waals surface area contributed by atoms with Gasteiger partial charge in [-0.2, -0.15) is 0 Å². The molecule has 0 radical (unpaired) electrons. The van der Waals surface area contributed by atoms with Crippen LogP contribution in [0.5, 0.6) is 0 Å². The van der Waals surface area contributed by atoms with Crippen LogP contribution < -0.4 is 15.4 Å². The number of hydrogen-bond donors (Lipinski definition) is 2. The molecular weight excluding hydrogens is 418 g/mol. The van der Waals surface area contributed by atoms with Crippen LogP contribution >= 0.6 is 0 Å². The lowest BCUT2D eigenvalue weighted by molar-refractivity contribution is 0.101. The molecule has 5 heterocycles. The highest BCUT2D eigenvalue weighted by atomic mass is 16.4. The van der Waals surface area contributed by atoms with Crippen LogP contribution in [0.3, 0.4) is 0 Å². The Bertz CT molecular complexity index is 1430. The van der Waals surface area contributed by atoms with Gasteiger partial charge in [-0.25, -0.2) is 9.78 Å². The highest BCUT2D eigenvalue weighted by Crippen LogP contribution is 2.37. The predicted octanol–water partition coefficient (Wildman–Crippen LogP) is 2.55. The molecule has 1 aromatic carbocycles. The van der Waals surface area contributed by atoms with Crippen LogP contribution in [0.1, 0.15) is 24.2 Å². The minimum atomic E-state index is -0.402. The molecule has 8 heteroatoms. The Morgan fingerprint density at radius 3 is 2.70 bits per heavy atom. The summed E-state index contributed by atoms with van der Waals surface area (Å²) in [5.41, 5.74) is 4.74. The predicted molar refractivity (Wildman–Crippen MR) is 127 cm³/mol. The number of aromatic nitrogens is 3. The molecule has 6 rings (SSSR count). The maximum Gasteiger partial charge on any atom is 0.345 e. The third-order valence-electron chi connectivity index (χ3n) is 7.39. The van der Waals surface area contributed by atoms with E-state index in [2.05, 4.69) is 21.4 Å². The number of likely N-dealkylation sites (tertiary alicyclic amines) is 1. The Kier molecular flexibility index (Phi) is 4.65. The van der Waals surface area contributed by atoms with E-state index in [1.54, 1.807) is 0 Å². The first-order chi connectivity index (χ1) is 15.9. The summed E-state index contributed by atoms with van der Waals surface area (Å²) in [5, 5.41) is 14.8. The number of imidazole rings is 1. The van der Waals surface area contributed by atoms with E-state index in [1.807, 2.05) is 48.8 Å². The minimum absolute atomic E-state index is 0.120. The molecule has 8 nitrogen and oxygen atoms in total. The van der Waals surface area contributed by atoms with Gasteiger partial charge in [0.05, 0.1) is 42.3 Å². The van der Waals surface area contributed by atoms with E-state index in [1.165, 1.54) is 0 Å². The number of nitrogens with zero attached hydrogens (tertiary/aromatic N) is 4. The van der Waals surface area contributed by atoms with E-state index in [9.17, 15) is 9.90 Å². The van der Waals surface area contributed by atoms with E-state index >= 15 is 0 Å². The minimum Gasteiger partial charge on any atom is -0.422 e. The molecule has 2 aliphatic rings. The molecule has 2 aliphatic heterocycles. The van der Waals surface area contributed by atoms with Crippen molar-refractivity contribution in [2.24, 2.45) is 0 Å². The smallest absolute Gasteiger partial charge is 0.345 e. The van der Waals surface area contributed by atoms with Crippen molar-refractivity contribution in [2.75, 3.05) is 26.2 Å². The summed E-state index contributed by atoms with van der Waals surface area (Å²) in [6.45, 7) is 7.26. The Hall–Kier alpha value is -3.07. The van der Waals surface area contributed by atoms with Gasteiger partial charge in [0.25, 0.3) is 0 Å². The van der Waals surface area contributed by atoms with Crippen LogP contribution in [0.25, 0.3) is 27.9 Å². The van der Waals surface area contributed by atoms with Crippen molar-refractivity contribution in [2.45, 2.75) is 38.8 Å². The van der Waals surface area contributed by atoms with Gasteiger partial charge in [-0.1, -0.05) is 0 Å². The number of fused-ring (bicyclic) bond motifs is 2. The molecule has 4 aromatic rings. The van der Waals surface area contributed by atoms with Gasteiger partial charge in [0.2, 0.25) is 0 Å². The second-order valence-corrected chi connectivity index (χ2v) is 9.48. The number of nitrogens with one attached hydrogen (secondary N) is 1. The van der Waals surface area contributed by atoms with Crippen LogP contribution in [0.2, 0.25) is 0 Å². The van der Waals surface area contributed by atoms with Gasteiger partial charge in [-0.3, -0.25) is 9.47 Å². The summed E-state index contributed by atoms with van der Waals surface area (Å²) in [5.74, 6) is 0. The fraction of sp³-hybridized carbons (Fsp3) is 0.400. The molecule has 2 atom stereocenters. The molecule has 0 unspecified atom stereocenters. The van der Waals surface area contributed by atoms with Gasteiger partial charge >= 0.3 is 5.63 Å². The van der Waals surface area contributed by atoms with Crippen LogP contribution in [0, 0.1) is 13.8 Å².